The van der Waals surface area contributed by atoms with E-state index in [-0.39, 0.29) is 36.8 Å². The van der Waals surface area contributed by atoms with Crippen LogP contribution in [0, 0.1) is 36.7 Å². The minimum absolute atomic E-state index is 0. The average Bonchev–Trinajstić information content (AvgIpc) is 3.64. The fourth-order valence-corrected chi connectivity index (χ4v) is 6.86. The van der Waals surface area contributed by atoms with Crippen LogP contribution in [0.3, 0.4) is 0 Å². The molecule has 1 radical (unpaired) electrons. The van der Waals surface area contributed by atoms with E-state index in [1.54, 1.807) is 30.5 Å². The number of fused-ring (bicyclic) bond motifs is 3. The molecule has 0 amide bonds. The van der Waals surface area contributed by atoms with Crippen LogP contribution in [-0.4, -0.2) is 15.0 Å². The molecule has 4 heterocycles. The van der Waals surface area contributed by atoms with Gasteiger partial charge in [0.15, 0.2) is 0 Å². The molecule has 0 aliphatic heterocycles. The molecule has 0 fully saturated rings. The van der Waals surface area contributed by atoms with Gasteiger partial charge in [-0.2, -0.15) is 0 Å². The van der Waals surface area contributed by atoms with Crippen LogP contribution in [0.1, 0.15) is 86.0 Å². The maximum atomic E-state index is 8.39. The summed E-state index contributed by atoms with van der Waals surface area (Å²) in [6.45, 7) is 7.81. The summed E-state index contributed by atoms with van der Waals surface area (Å²) in [4.78, 5) is 13.3. The second-order valence-electron chi connectivity index (χ2n) is 16.7. The number of rotatable bonds is 8. The number of nitrogens with zero attached hydrogens (tertiary/aromatic N) is 3. The number of hydrogen-bond donors (Lipinski definition) is 0. The number of pyridine rings is 3. The summed E-state index contributed by atoms with van der Waals surface area (Å²) >= 11 is 0. The van der Waals surface area contributed by atoms with E-state index in [1.807, 2.05) is 75.5 Å². The van der Waals surface area contributed by atoms with Gasteiger partial charge in [0.05, 0.1) is 5.58 Å². The number of aryl methyl sites for hydroxylation is 4. The van der Waals surface area contributed by atoms with Gasteiger partial charge in [-0.1, -0.05) is 143 Å². The minimum Gasteiger partial charge on any atom is -0.486 e. The van der Waals surface area contributed by atoms with Crippen molar-refractivity contribution in [2.45, 2.75) is 80.9 Å². The normalized spacial score (nSPS) is 14.3. The number of hydrogen-bond acceptors (Lipinski definition) is 4. The van der Waals surface area contributed by atoms with Crippen LogP contribution in [0.15, 0.2) is 132 Å². The number of aromatic nitrogens is 3. The van der Waals surface area contributed by atoms with Crippen LogP contribution in [0.25, 0.3) is 55.7 Å². The summed E-state index contributed by atoms with van der Waals surface area (Å²) in [6, 6.07) is 42.6. The Labute approximate surface area is 369 Å². The predicted molar refractivity (Wildman–Crippen MR) is 237 cm³/mol. The maximum absolute atomic E-state index is 8.39. The van der Waals surface area contributed by atoms with Crippen molar-refractivity contribution in [1.29, 1.82) is 0 Å². The molecule has 0 aliphatic carbocycles. The fraction of sp³-hybridized carbons (Fsp3) is 0.264. The first kappa shape index (κ1) is 32.7. The van der Waals surface area contributed by atoms with Crippen molar-refractivity contribution < 1.29 is 35.5 Å². The molecular formula is C53H53IrN3O-2. The van der Waals surface area contributed by atoms with E-state index in [9.17, 15) is 0 Å². The Morgan fingerprint density at radius 1 is 0.690 bits per heavy atom. The van der Waals surface area contributed by atoms with Crippen LogP contribution in [0.4, 0.5) is 0 Å². The standard InChI is InChI=1S/C30H29N2O.C23H24N.Ir/c1-20-8-15-25-24-6-5-7-26(28(24)33-29(25)32-20)27-18-22(16-17-31-27)12-9-21-10-13-23(14-11-21)19-30(2,3)4;1-17-10-12-20(14-21(17)19-8-6-5-7-9-19)22-13-11-18(16-24-22)15-23(2,3)4;/h5-6,8,10-11,13-18H,9,12,19H2,1-4H3;5-11,13-14,16H,15H2,1-4H3;/q2*-1;/i1D3;1D3,15D2;. The van der Waals surface area contributed by atoms with Crippen molar-refractivity contribution in [2.75, 3.05) is 0 Å². The van der Waals surface area contributed by atoms with Gasteiger partial charge in [0, 0.05) is 54.5 Å². The quantitative estimate of drug-likeness (QED) is 0.142. The Balaban J connectivity index is 0.000000220. The summed E-state index contributed by atoms with van der Waals surface area (Å²) in [6.07, 6.45) is 4.75. The zero-order chi connectivity index (χ0) is 47.0. The van der Waals surface area contributed by atoms with Gasteiger partial charge < -0.3 is 14.4 Å². The van der Waals surface area contributed by atoms with Gasteiger partial charge in [-0.3, -0.25) is 0 Å². The third kappa shape index (κ3) is 10.8. The van der Waals surface area contributed by atoms with Gasteiger partial charge in [-0.25, -0.2) is 4.98 Å². The predicted octanol–water partition coefficient (Wildman–Crippen LogP) is 13.6. The molecular weight excluding hydrogens is 887 g/mol. The summed E-state index contributed by atoms with van der Waals surface area (Å²) in [5.41, 5.74) is 9.51. The van der Waals surface area contributed by atoms with Crippen molar-refractivity contribution in [2.24, 2.45) is 10.8 Å². The second kappa shape index (κ2) is 18.1. The largest absolute Gasteiger partial charge is 0.486 e. The van der Waals surface area contributed by atoms with Gasteiger partial charge >= 0.3 is 0 Å². The molecule has 0 saturated carbocycles. The zero-order valence-electron chi connectivity index (χ0n) is 41.8. The van der Waals surface area contributed by atoms with Crippen LogP contribution >= 0.6 is 0 Å². The molecule has 0 bridgehead atoms. The monoisotopic (exact) mass is 948 g/mol. The molecule has 0 unspecified atom stereocenters. The second-order valence-corrected chi connectivity index (χ2v) is 16.7. The molecule has 8 aromatic rings. The van der Waals surface area contributed by atoms with Crippen LogP contribution in [-0.2, 0) is 45.7 Å². The molecule has 0 N–H and O–H groups in total. The molecule has 0 aliphatic rings. The van der Waals surface area contributed by atoms with E-state index in [4.69, 9.17) is 15.4 Å². The molecule has 0 spiro atoms. The van der Waals surface area contributed by atoms with E-state index in [1.165, 1.54) is 28.8 Å². The van der Waals surface area contributed by atoms with Crippen LogP contribution in [0.2, 0.25) is 0 Å². The van der Waals surface area contributed by atoms with Gasteiger partial charge in [-0.05, 0) is 95.2 Å². The molecule has 0 saturated heterocycles. The van der Waals surface area contributed by atoms with E-state index in [0.29, 0.717) is 33.7 Å². The molecule has 5 heteroatoms. The molecule has 58 heavy (non-hydrogen) atoms. The number of furan rings is 1. The minimum atomic E-state index is -2.29. The Bertz CT molecular complexity index is 2910. The SMILES string of the molecule is [2H]C([2H])([2H])c1c[c-]c(-c2ccc(C([2H])([2H])C(C)(C)C)cn2)cc1-c1ccccc1.[2H]C([2H])([2H])c1ccc2c(n1)oc1c(-c3cc(CCc4ccc(CC(C)(C)C)cc4)ccn3)[c-]ccc12.[Ir]. The molecule has 297 valence electrons. The first-order valence-electron chi connectivity index (χ1n) is 23.3. The molecule has 4 aromatic carbocycles. The third-order valence-corrected chi connectivity index (χ3v) is 9.43. The van der Waals surface area contributed by atoms with Gasteiger partial charge in [0.1, 0.15) is 0 Å². The van der Waals surface area contributed by atoms with Gasteiger partial charge in [-0.15, -0.1) is 47.5 Å². The third-order valence-electron chi connectivity index (χ3n) is 9.43. The van der Waals surface area contributed by atoms with E-state index in [0.717, 1.165) is 46.9 Å². The van der Waals surface area contributed by atoms with Gasteiger partial charge in [0.2, 0.25) is 5.71 Å². The zero-order valence-corrected chi connectivity index (χ0v) is 36.2. The van der Waals surface area contributed by atoms with Crippen molar-refractivity contribution >= 4 is 22.1 Å². The Morgan fingerprint density at radius 3 is 2.16 bits per heavy atom. The first-order chi connectivity index (χ1) is 30.5. The molecule has 4 nitrogen and oxygen atoms in total. The molecule has 0 atom stereocenters. The summed E-state index contributed by atoms with van der Waals surface area (Å²) in [5, 5.41) is 1.64. The summed E-state index contributed by atoms with van der Waals surface area (Å²) in [7, 11) is 0. The summed E-state index contributed by atoms with van der Waals surface area (Å²) in [5.74, 6) is 0. The van der Waals surface area contributed by atoms with Gasteiger partial charge in [0.25, 0.3) is 0 Å². The van der Waals surface area contributed by atoms with Crippen molar-refractivity contribution in [3.63, 3.8) is 0 Å². The van der Waals surface area contributed by atoms with Crippen LogP contribution in [0.5, 0.6) is 0 Å². The topological polar surface area (TPSA) is 51.8 Å². The summed E-state index contributed by atoms with van der Waals surface area (Å²) < 4.78 is 69.3. The van der Waals surface area contributed by atoms with Crippen molar-refractivity contribution in [1.82, 2.24) is 15.0 Å². The Kier molecular flexibility index (Phi) is 10.2. The van der Waals surface area contributed by atoms with Crippen LogP contribution < -0.4 is 0 Å². The maximum Gasteiger partial charge on any atom is 0.216 e. The van der Waals surface area contributed by atoms with E-state index < -0.39 is 25.5 Å². The van der Waals surface area contributed by atoms with Crippen molar-refractivity contribution in [3.8, 4) is 33.6 Å². The Morgan fingerprint density at radius 2 is 1.45 bits per heavy atom. The Hall–Kier alpha value is -5.22. The number of benzene rings is 4. The molecule has 8 rings (SSSR count). The molecule has 4 aromatic heterocycles. The fourth-order valence-electron chi connectivity index (χ4n) is 6.86. The van der Waals surface area contributed by atoms with E-state index in [2.05, 4.69) is 78.2 Å². The van der Waals surface area contributed by atoms with E-state index >= 15 is 0 Å². The van der Waals surface area contributed by atoms with Crippen molar-refractivity contribution in [3.05, 3.63) is 173 Å². The average molecular weight is 948 g/mol. The first-order valence-corrected chi connectivity index (χ1v) is 19.3. The smallest absolute Gasteiger partial charge is 0.216 e.